The fraction of sp³-hybridized carbons (Fsp3) is 0.765. The second-order valence-corrected chi connectivity index (χ2v) is 7.17. The molecule has 0 unspecified atom stereocenters. The first-order valence-corrected chi connectivity index (χ1v) is 8.72. The summed E-state index contributed by atoms with van der Waals surface area (Å²) in [6.45, 7) is 6.34. The minimum atomic E-state index is -0.160. The van der Waals surface area contributed by atoms with Crippen LogP contribution in [-0.4, -0.2) is 79.7 Å². The molecule has 7 nitrogen and oxygen atoms in total. The maximum absolute atomic E-state index is 12.5. The van der Waals surface area contributed by atoms with Gasteiger partial charge in [-0.3, -0.25) is 9.69 Å². The summed E-state index contributed by atoms with van der Waals surface area (Å²) in [6.07, 6.45) is 3.48. The van der Waals surface area contributed by atoms with Crippen molar-refractivity contribution in [1.29, 1.82) is 0 Å². The maximum atomic E-state index is 12.5. The molecule has 2 aliphatic rings. The first-order chi connectivity index (χ1) is 11.5. The predicted molar refractivity (Wildman–Crippen MR) is 90.0 cm³/mol. The Morgan fingerprint density at radius 1 is 1.38 bits per heavy atom. The van der Waals surface area contributed by atoms with E-state index in [4.69, 9.17) is 9.15 Å². The third-order valence-electron chi connectivity index (χ3n) is 5.04. The molecule has 2 atom stereocenters. The topological polar surface area (TPSA) is 70.8 Å². The van der Waals surface area contributed by atoms with E-state index in [0.717, 1.165) is 45.7 Å². The van der Waals surface area contributed by atoms with E-state index in [1.54, 1.807) is 6.92 Å². The van der Waals surface area contributed by atoms with Gasteiger partial charge in [-0.15, -0.1) is 0 Å². The second-order valence-electron chi connectivity index (χ2n) is 7.17. The summed E-state index contributed by atoms with van der Waals surface area (Å²) in [5.41, 5.74) is 0.635. The molecule has 0 aliphatic carbocycles. The minimum Gasteiger partial charge on any atom is -0.438 e. The van der Waals surface area contributed by atoms with Crippen LogP contribution in [0.15, 0.2) is 10.8 Å². The maximum Gasteiger partial charge on any atom is 0.289 e. The van der Waals surface area contributed by atoms with Gasteiger partial charge in [0, 0.05) is 50.8 Å². The third kappa shape index (κ3) is 3.96. The van der Waals surface area contributed by atoms with Crippen molar-refractivity contribution < 1.29 is 13.9 Å². The number of amides is 1. The summed E-state index contributed by atoms with van der Waals surface area (Å²) >= 11 is 0. The number of nitrogens with one attached hydrogen (secondary N) is 1. The monoisotopic (exact) mass is 336 g/mol. The van der Waals surface area contributed by atoms with Crippen LogP contribution in [0.4, 0.5) is 0 Å². The van der Waals surface area contributed by atoms with Gasteiger partial charge in [-0.1, -0.05) is 0 Å². The van der Waals surface area contributed by atoms with Crippen molar-refractivity contribution >= 4 is 5.91 Å². The normalized spacial score (nSPS) is 26.2. The highest BCUT2D eigenvalue weighted by atomic mass is 16.5. The van der Waals surface area contributed by atoms with Gasteiger partial charge in [0.1, 0.15) is 0 Å². The van der Waals surface area contributed by atoms with E-state index in [0.29, 0.717) is 23.4 Å². The number of rotatable bonds is 5. The van der Waals surface area contributed by atoms with Crippen molar-refractivity contribution in [2.75, 3.05) is 46.9 Å². The molecule has 0 aromatic carbocycles. The second kappa shape index (κ2) is 7.63. The Hall–Kier alpha value is -1.44. The molecule has 2 saturated heterocycles. The summed E-state index contributed by atoms with van der Waals surface area (Å²) in [5.74, 6) is 0.575. The van der Waals surface area contributed by atoms with Gasteiger partial charge in [-0.05, 0) is 33.9 Å². The zero-order valence-corrected chi connectivity index (χ0v) is 14.8. The van der Waals surface area contributed by atoms with E-state index < -0.39 is 0 Å². The highest BCUT2D eigenvalue weighted by Crippen LogP contribution is 2.25. The molecule has 2 fully saturated rings. The number of hydrogen-bond acceptors (Lipinski definition) is 6. The highest BCUT2D eigenvalue weighted by molar-refractivity contribution is 5.92. The summed E-state index contributed by atoms with van der Waals surface area (Å²) in [7, 11) is 4.16. The molecular formula is C17H28N4O3. The zero-order chi connectivity index (χ0) is 17.1. The SMILES string of the molecule is Cc1ncoc1C(=O)N[C@@H]1CN(C2CCOCC2)C[C@H]1CN(C)C. The van der Waals surface area contributed by atoms with E-state index in [9.17, 15) is 4.79 Å². The first kappa shape index (κ1) is 17.4. The zero-order valence-electron chi connectivity index (χ0n) is 14.8. The molecule has 3 rings (SSSR count). The van der Waals surface area contributed by atoms with Gasteiger partial charge in [0.05, 0.1) is 5.69 Å². The lowest BCUT2D eigenvalue weighted by atomic mass is 10.0. The molecule has 1 aromatic heterocycles. The van der Waals surface area contributed by atoms with E-state index >= 15 is 0 Å². The van der Waals surface area contributed by atoms with Gasteiger partial charge in [0.2, 0.25) is 5.76 Å². The number of oxazole rings is 1. The molecule has 3 heterocycles. The summed E-state index contributed by atoms with van der Waals surface area (Å²) in [6, 6.07) is 0.699. The van der Waals surface area contributed by atoms with E-state index in [-0.39, 0.29) is 11.9 Å². The molecule has 0 saturated carbocycles. The Bertz CT molecular complexity index is 554. The van der Waals surface area contributed by atoms with Gasteiger partial charge in [0.15, 0.2) is 6.39 Å². The third-order valence-corrected chi connectivity index (χ3v) is 5.04. The van der Waals surface area contributed by atoms with Crippen LogP contribution in [0.3, 0.4) is 0 Å². The van der Waals surface area contributed by atoms with Gasteiger partial charge in [-0.2, -0.15) is 0 Å². The van der Waals surface area contributed by atoms with Crippen molar-refractivity contribution in [3.63, 3.8) is 0 Å². The van der Waals surface area contributed by atoms with Crippen LogP contribution in [0.5, 0.6) is 0 Å². The van der Waals surface area contributed by atoms with Crippen LogP contribution in [0.25, 0.3) is 0 Å². The molecule has 1 N–H and O–H groups in total. The minimum absolute atomic E-state index is 0.132. The Labute approximate surface area is 143 Å². The largest absolute Gasteiger partial charge is 0.438 e. The fourth-order valence-corrected chi connectivity index (χ4v) is 3.82. The Morgan fingerprint density at radius 2 is 2.12 bits per heavy atom. The number of ether oxygens (including phenoxy) is 1. The average molecular weight is 336 g/mol. The van der Waals surface area contributed by atoms with Crippen molar-refractivity contribution in [2.45, 2.75) is 31.8 Å². The number of nitrogens with zero attached hydrogens (tertiary/aromatic N) is 3. The first-order valence-electron chi connectivity index (χ1n) is 8.72. The van der Waals surface area contributed by atoms with Gasteiger partial charge < -0.3 is 19.4 Å². The molecule has 0 spiro atoms. The van der Waals surface area contributed by atoms with Crippen molar-refractivity contribution in [1.82, 2.24) is 20.1 Å². The smallest absolute Gasteiger partial charge is 0.289 e. The summed E-state index contributed by atoms with van der Waals surface area (Å²) in [5, 5.41) is 3.17. The predicted octanol–water partition coefficient (Wildman–Crippen LogP) is 0.754. The van der Waals surface area contributed by atoms with E-state index in [1.165, 1.54) is 6.39 Å². The number of likely N-dealkylation sites (tertiary alicyclic amines) is 1. The number of carbonyl (C=O) groups excluding carboxylic acids is 1. The lowest BCUT2D eigenvalue weighted by molar-refractivity contribution is 0.0403. The summed E-state index contributed by atoms with van der Waals surface area (Å²) < 4.78 is 10.7. The molecule has 1 amide bonds. The van der Waals surface area contributed by atoms with Crippen LogP contribution in [0.2, 0.25) is 0 Å². The van der Waals surface area contributed by atoms with Crippen LogP contribution in [0.1, 0.15) is 29.1 Å². The fourth-order valence-electron chi connectivity index (χ4n) is 3.82. The Kier molecular flexibility index (Phi) is 5.53. The molecule has 24 heavy (non-hydrogen) atoms. The quantitative estimate of drug-likeness (QED) is 0.856. The number of aromatic nitrogens is 1. The van der Waals surface area contributed by atoms with Crippen LogP contribution in [-0.2, 0) is 4.74 Å². The number of carbonyl (C=O) groups is 1. The molecule has 7 heteroatoms. The lowest BCUT2D eigenvalue weighted by Gasteiger charge is -2.31. The lowest BCUT2D eigenvalue weighted by Crippen LogP contribution is -2.44. The molecule has 2 aliphatic heterocycles. The van der Waals surface area contributed by atoms with Gasteiger partial charge >= 0.3 is 0 Å². The van der Waals surface area contributed by atoms with Gasteiger partial charge in [0.25, 0.3) is 5.91 Å². The number of aryl methyl sites for hydroxylation is 1. The highest BCUT2D eigenvalue weighted by Gasteiger charge is 2.38. The molecule has 0 radical (unpaired) electrons. The van der Waals surface area contributed by atoms with E-state index in [2.05, 4.69) is 34.2 Å². The van der Waals surface area contributed by atoms with E-state index in [1.807, 2.05) is 0 Å². The molecule has 134 valence electrons. The molecular weight excluding hydrogens is 308 g/mol. The Balaban J connectivity index is 1.66. The van der Waals surface area contributed by atoms with Crippen LogP contribution < -0.4 is 5.32 Å². The van der Waals surface area contributed by atoms with Crippen molar-refractivity contribution in [2.24, 2.45) is 5.92 Å². The molecule has 0 bridgehead atoms. The summed E-state index contributed by atoms with van der Waals surface area (Å²) in [4.78, 5) is 21.2. The van der Waals surface area contributed by atoms with Crippen LogP contribution >= 0.6 is 0 Å². The van der Waals surface area contributed by atoms with Crippen LogP contribution in [0, 0.1) is 12.8 Å². The van der Waals surface area contributed by atoms with Crippen molar-refractivity contribution in [3.05, 3.63) is 17.8 Å². The standard InChI is InChI=1S/C17H28N4O3/c1-12-16(24-11-18-12)17(22)19-15-10-21(9-13(15)8-20(2)3)14-4-6-23-7-5-14/h11,13-15H,4-10H2,1-3H3,(H,19,22)/t13-,15-/m1/s1. The molecule has 1 aromatic rings. The average Bonchev–Trinajstić information content (AvgIpc) is 3.14. The van der Waals surface area contributed by atoms with Crippen molar-refractivity contribution in [3.8, 4) is 0 Å². The van der Waals surface area contributed by atoms with Gasteiger partial charge in [-0.25, -0.2) is 4.98 Å². The Morgan fingerprint density at radius 3 is 2.75 bits per heavy atom. The number of hydrogen-bond donors (Lipinski definition) is 1.